The average molecular weight is 173 g/mol. The normalized spacial score (nSPS) is 12.0. The van der Waals surface area contributed by atoms with E-state index in [1.165, 1.54) is 12.8 Å². The van der Waals surface area contributed by atoms with Crippen molar-refractivity contribution >= 4 is 0 Å². The third-order valence-corrected chi connectivity index (χ3v) is 2.39. The lowest BCUT2D eigenvalue weighted by Crippen LogP contribution is -2.59. The summed E-state index contributed by atoms with van der Waals surface area (Å²) in [5.41, 5.74) is 0.0742. The van der Waals surface area contributed by atoms with Crippen molar-refractivity contribution in [3.63, 3.8) is 0 Å². The van der Waals surface area contributed by atoms with Gasteiger partial charge in [-0.15, -0.1) is 0 Å². The van der Waals surface area contributed by atoms with Crippen LogP contribution in [0.15, 0.2) is 0 Å². The topological polar surface area (TPSA) is 36.1 Å². The molecule has 74 valence electrons. The van der Waals surface area contributed by atoms with Crippen LogP contribution in [0.5, 0.6) is 0 Å². The molecule has 3 heteroatoms. The zero-order valence-electron chi connectivity index (χ0n) is 8.83. The molecule has 0 fully saturated rings. The zero-order chi connectivity index (χ0) is 9.45. The third-order valence-electron chi connectivity index (χ3n) is 2.39. The fraction of sp³-hybridized carbons (Fsp3) is 1.00. The molecule has 0 aliphatic heterocycles. The van der Waals surface area contributed by atoms with Crippen LogP contribution >= 0.6 is 0 Å². The monoisotopic (exact) mass is 173 g/mol. The highest BCUT2D eigenvalue weighted by Gasteiger charge is 2.23. The van der Waals surface area contributed by atoms with Crippen molar-refractivity contribution in [3.8, 4) is 0 Å². The highest BCUT2D eigenvalue weighted by atomic mass is 15.2. The van der Waals surface area contributed by atoms with Crippen LogP contribution in [0.2, 0.25) is 0 Å². The SMILES string of the molecule is CCCCC(CNC)(NC)NC. The number of nitrogens with one attached hydrogen (secondary N) is 3. The summed E-state index contributed by atoms with van der Waals surface area (Å²) in [4.78, 5) is 0. The van der Waals surface area contributed by atoms with Crippen LogP contribution in [-0.4, -0.2) is 33.4 Å². The summed E-state index contributed by atoms with van der Waals surface area (Å²) in [5, 5.41) is 9.85. The molecule has 0 saturated carbocycles. The Kier molecular flexibility index (Phi) is 6.34. The Morgan fingerprint density at radius 2 is 1.67 bits per heavy atom. The van der Waals surface area contributed by atoms with Gasteiger partial charge in [0.2, 0.25) is 0 Å². The van der Waals surface area contributed by atoms with Crippen LogP contribution in [0.3, 0.4) is 0 Å². The molecular formula is C9H23N3. The molecule has 0 unspecified atom stereocenters. The molecule has 0 radical (unpaired) electrons. The first-order chi connectivity index (χ1) is 5.74. The Hall–Kier alpha value is -0.120. The molecule has 3 N–H and O–H groups in total. The first-order valence-corrected chi connectivity index (χ1v) is 4.77. The number of hydrogen-bond acceptors (Lipinski definition) is 3. The van der Waals surface area contributed by atoms with Gasteiger partial charge in [0.15, 0.2) is 0 Å². The number of rotatable bonds is 7. The predicted octanol–water partition coefficient (Wildman–Crippen LogP) is 0.531. The van der Waals surface area contributed by atoms with E-state index in [9.17, 15) is 0 Å². The first-order valence-electron chi connectivity index (χ1n) is 4.77. The molecule has 0 saturated heterocycles. The second-order valence-electron chi connectivity index (χ2n) is 3.22. The molecule has 0 aromatic carbocycles. The second-order valence-corrected chi connectivity index (χ2v) is 3.22. The van der Waals surface area contributed by atoms with E-state index in [-0.39, 0.29) is 5.66 Å². The molecule has 3 nitrogen and oxygen atoms in total. The molecule has 0 aliphatic rings. The highest BCUT2D eigenvalue weighted by Crippen LogP contribution is 2.08. The van der Waals surface area contributed by atoms with Gasteiger partial charge in [-0.2, -0.15) is 0 Å². The van der Waals surface area contributed by atoms with Crippen LogP contribution in [0.1, 0.15) is 26.2 Å². The van der Waals surface area contributed by atoms with E-state index in [0.29, 0.717) is 0 Å². The summed E-state index contributed by atoms with van der Waals surface area (Å²) >= 11 is 0. The quantitative estimate of drug-likeness (QED) is 0.492. The van der Waals surface area contributed by atoms with E-state index in [2.05, 4.69) is 22.9 Å². The van der Waals surface area contributed by atoms with E-state index in [4.69, 9.17) is 0 Å². The Morgan fingerprint density at radius 3 is 2.00 bits per heavy atom. The minimum atomic E-state index is 0.0742. The summed E-state index contributed by atoms with van der Waals surface area (Å²) in [5.74, 6) is 0. The van der Waals surface area contributed by atoms with Crippen molar-refractivity contribution < 1.29 is 0 Å². The van der Waals surface area contributed by atoms with E-state index < -0.39 is 0 Å². The van der Waals surface area contributed by atoms with Gasteiger partial charge in [-0.1, -0.05) is 19.8 Å². The minimum absolute atomic E-state index is 0.0742. The Balaban J connectivity index is 3.95. The molecular weight excluding hydrogens is 150 g/mol. The smallest absolute Gasteiger partial charge is 0.0810 e. The van der Waals surface area contributed by atoms with Gasteiger partial charge < -0.3 is 16.0 Å². The largest absolute Gasteiger partial charge is 0.317 e. The molecule has 0 aromatic rings. The molecule has 0 aliphatic carbocycles. The van der Waals surface area contributed by atoms with Gasteiger partial charge in [0, 0.05) is 6.54 Å². The third kappa shape index (κ3) is 3.52. The molecule has 0 atom stereocenters. The number of likely N-dealkylation sites (N-methyl/N-ethyl adjacent to an activating group) is 3. The van der Waals surface area contributed by atoms with Gasteiger partial charge >= 0.3 is 0 Å². The molecule has 0 heterocycles. The summed E-state index contributed by atoms with van der Waals surface area (Å²) in [7, 11) is 5.99. The van der Waals surface area contributed by atoms with Crippen molar-refractivity contribution in [2.75, 3.05) is 27.7 Å². The lowest BCUT2D eigenvalue weighted by atomic mass is 10.0. The highest BCUT2D eigenvalue weighted by molar-refractivity contribution is 4.84. The van der Waals surface area contributed by atoms with Crippen LogP contribution in [0.4, 0.5) is 0 Å². The van der Waals surface area contributed by atoms with Crippen molar-refractivity contribution in [2.45, 2.75) is 31.8 Å². The average Bonchev–Trinajstić information content (AvgIpc) is 2.13. The fourth-order valence-corrected chi connectivity index (χ4v) is 1.42. The van der Waals surface area contributed by atoms with E-state index in [1.54, 1.807) is 0 Å². The Morgan fingerprint density at radius 1 is 1.08 bits per heavy atom. The maximum absolute atomic E-state index is 3.33. The zero-order valence-corrected chi connectivity index (χ0v) is 8.83. The molecule has 0 aromatic heterocycles. The Labute approximate surface area is 76.3 Å². The summed E-state index contributed by atoms with van der Waals surface area (Å²) in [6.07, 6.45) is 3.66. The fourth-order valence-electron chi connectivity index (χ4n) is 1.42. The maximum atomic E-state index is 3.33. The molecule has 12 heavy (non-hydrogen) atoms. The first kappa shape index (κ1) is 11.9. The van der Waals surface area contributed by atoms with Crippen LogP contribution in [0.25, 0.3) is 0 Å². The molecule has 0 bridgehead atoms. The lowest BCUT2D eigenvalue weighted by molar-refractivity contribution is 0.260. The van der Waals surface area contributed by atoms with E-state index in [0.717, 1.165) is 13.0 Å². The van der Waals surface area contributed by atoms with Gasteiger partial charge in [-0.05, 0) is 27.6 Å². The van der Waals surface area contributed by atoms with Gasteiger partial charge in [-0.3, -0.25) is 0 Å². The minimum Gasteiger partial charge on any atom is -0.317 e. The van der Waals surface area contributed by atoms with Crippen LogP contribution in [-0.2, 0) is 0 Å². The van der Waals surface area contributed by atoms with Crippen molar-refractivity contribution in [2.24, 2.45) is 0 Å². The van der Waals surface area contributed by atoms with Crippen molar-refractivity contribution in [3.05, 3.63) is 0 Å². The summed E-state index contributed by atoms with van der Waals surface area (Å²) < 4.78 is 0. The van der Waals surface area contributed by atoms with Gasteiger partial charge in [0.1, 0.15) is 0 Å². The van der Waals surface area contributed by atoms with Gasteiger partial charge in [0.05, 0.1) is 5.66 Å². The predicted molar refractivity (Wildman–Crippen MR) is 54.3 cm³/mol. The standard InChI is InChI=1S/C9H23N3/c1-5-6-7-9(11-3,12-4)8-10-2/h10-12H,5-8H2,1-4H3. The number of unbranched alkanes of at least 4 members (excludes halogenated alkanes) is 1. The van der Waals surface area contributed by atoms with Crippen molar-refractivity contribution in [1.82, 2.24) is 16.0 Å². The maximum Gasteiger partial charge on any atom is 0.0810 e. The molecule has 0 spiro atoms. The van der Waals surface area contributed by atoms with Gasteiger partial charge in [0.25, 0.3) is 0 Å². The summed E-state index contributed by atoms with van der Waals surface area (Å²) in [6, 6.07) is 0. The van der Waals surface area contributed by atoms with Crippen LogP contribution in [0, 0.1) is 0 Å². The molecule has 0 amide bonds. The van der Waals surface area contributed by atoms with Gasteiger partial charge in [-0.25, -0.2) is 0 Å². The van der Waals surface area contributed by atoms with Crippen molar-refractivity contribution in [1.29, 1.82) is 0 Å². The van der Waals surface area contributed by atoms with Crippen LogP contribution < -0.4 is 16.0 Å². The number of hydrogen-bond donors (Lipinski definition) is 3. The second kappa shape index (κ2) is 6.40. The van der Waals surface area contributed by atoms with E-state index in [1.807, 2.05) is 21.1 Å². The van der Waals surface area contributed by atoms with E-state index >= 15 is 0 Å². The molecule has 0 rings (SSSR count). The Bertz CT molecular complexity index is 99.9. The lowest BCUT2D eigenvalue weighted by Gasteiger charge is -2.33. The summed E-state index contributed by atoms with van der Waals surface area (Å²) in [6.45, 7) is 3.18.